The molecule has 0 aliphatic carbocycles. The van der Waals surface area contributed by atoms with Gasteiger partial charge in [0, 0.05) is 11.6 Å². The molecule has 0 amide bonds. The van der Waals surface area contributed by atoms with Gasteiger partial charge in [0.05, 0.1) is 19.1 Å². The number of aliphatic hydroxyl groups is 1. The van der Waals surface area contributed by atoms with Crippen LogP contribution in [0, 0.1) is 11.3 Å². The fraction of sp³-hybridized carbons (Fsp3) is 0.300. The van der Waals surface area contributed by atoms with E-state index in [-0.39, 0.29) is 18.8 Å². The van der Waals surface area contributed by atoms with Gasteiger partial charge in [-0.2, -0.15) is 5.26 Å². The van der Waals surface area contributed by atoms with Gasteiger partial charge in [0.15, 0.2) is 0 Å². The van der Waals surface area contributed by atoms with Crippen LogP contribution in [0.2, 0.25) is 0 Å². The Morgan fingerprint density at radius 2 is 2.21 bits per heavy atom. The monoisotopic (exact) mass is 192 g/mol. The molecule has 0 saturated carbocycles. The molecule has 0 saturated heterocycles. The molecule has 1 aromatic carbocycles. The van der Waals surface area contributed by atoms with Gasteiger partial charge >= 0.3 is 0 Å². The summed E-state index contributed by atoms with van der Waals surface area (Å²) >= 11 is 0. The van der Waals surface area contributed by atoms with Crippen molar-refractivity contribution >= 4 is 0 Å². The van der Waals surface area contributed by atoms with E-state index in [1.807, 2.05) is 6.07 Å². The summed E-state index contributed by atoms with van der Waals surface area (Å²) < 4.78 is 0. The minimum atomic E-state index is -0.390. The Morgan fingerprint density at radius 1 is 1.50 bits per heavy atom. The number of phenols is 1. The van der Waals surface area contributed by atoms with Gasteiger partial charge in [-0.05, 0) is 11.6 Å². The summed E-state index contributed by atoms with van der Waals surface area (Å²) in [5.74, 6) is 0.0124. The lowest BCUT2D eigenvalue weighted by Crippen LogP contribution is -2.09. The minimum absolute atomic E-state index is 0.0124. The Labute approximate surface area is 82.2 Å². The number of benzene rings is 1. The second kappa shape index (κ2) is 4.61. The van der Waals surface area contributed by atoms with E-state index in [2.05, 4.69) is 0 Å². The Bertz CT molecular complexity index is 358. The van der Waals surface area contributed by atoms with Gasteiger partial charge in [-0.25, -0.2) is 0 Å². The number of hydrogen-bond donors (Lipinski definition) is 3. The largest absolute Gasteiger partial charge is 0.508 e. The number of nitrogens with two attached hydrogens (primary N) is 1. The number of aromatic hydroxyl groups is 1. The predicted octanol–water partition coefficient (Wildman–Crippen LogP) is 0.798. The number of rotatable bonds is 3. The maximum Gasteiger partial charge on any atom is 0.121 e. The summed E-state index contributed by atoms with van der Waals surface area (Å²) in [5.41, 5.74) is 6.82. The number of hydrogen-bond acceptors (Lipinski definition) is 4. The zero-order valence-corrected chi connectivity index (χ0v) is 7.64. The van der Waals surface area contributed by atoms with Gasteiger partial charge in [0.25, 0.3) is 0 Å². The molecule has 0 radical (unpaired) electrons. The van der Waals surface area contributed by atoms with E-state index in [1.54, 1.807) is 12.1 Å². The Hall–Kier alpha value is -1.57. The molecule has 1 rings (SSSR count). The van der Waals surface area contributed by atoms with E-state index >= 15 is 0 Å². The van der Waals surface area contributed by atoms with Crippen molar-refractivity contribution < 1.29 is 10.2 Å². The average Bonchev–Trinajstić information content (AvgIpc) is 2.18. The summed E-state index contributed by atoms with van der Waals surface area (Å²) in [7, 11) is 0. The van der Waals surface area contributed by atoms with Crippen LogP contribution in [0.1, 0.15) is 23.6 Å². The van der Waals surface area contributed by atoms with E-state index in [0.29, 0.717) is 11.1 Å². The van der Waals surface area contributed by atoms with Crippen LogP contribution in [-0.2, 0) is 6.61 Å². The third kappa shape index (κ3) is 2.22. The summed E-state index contributed by atoms with van der Waals surface area (Å²) in [5, 5.41) is 26.7. The van der Waals surface area contributed by atoms with E-state index in [1.165, 1.54) is 6.07 Å². The summed E-state index contributed by atoms with van der Waals surface area (Å²) in [6, 6.07) is 6.35. The second-order valence-corrected chi connectivity index (χ2v) is 3.01. The molecule has 4 heteroatoms. The van der Waals surface area contributed by atoms with Crippen molar-refractivity contribution in [3.63, 3.8) is 0 Å². The highest BCUT2D eigenvalue weighted by molar-refractivity contribution is 5.37. The molecular weight excluding hydrogens is 180 g/mol. The van der Waals surface area contributed by atoms with Crippen molar-refractivity contribution in [2.75, 3.05) is 0 Å². The highest BCUT2D eigenvalue weighted by Gasteiger charge is 2.08. The highest BCUT2D eigenvalue weighted by atomic mass is 16.3. The van der Waals surface area contributed by atoms with Crippen molar-refractivity contribution in [1.29, 1.82) is 5.26 Å². The third-order valence-corrected chi connectivity index (χ3v) is 2.02. The zero-order valence-electron chi connectivity index (χ0n) is 7.64. The third-order valence-electron chi connectivity index (χ3n) is 2.02. The van der Waals surface area contributed by atoms with Gasteiger partial charge in [-0.15, -0.1) is 0 Å². The zero-order chi connectivity index (χ0) is 10.6. The molecule has 0 fully saturated rings. The SMILES string of the molecule is N#CC[C@@H](N)c1ccc(CO)c(O)c1. The first kappa shape index (κ1) is 10.5. The maximum atomic E-state index is 9.41. The van der Waals surface area contributed by atoms with Crippen LogP contribution in [-0.4, -0.2) is 10.2 Å². The lowest BCUT2D eigenvalue weighted by Gasteiger charge is -2.09. The van der Waals surface area contributed by atoms with Crippen LogP contribution in [0.5, 0.6) is 5.75 Å². The van der Waals surface area contributed by atoms with Gasteiger partial charge < -0.3 is 15.9 Å². The lowest BCUT2D eigenvalue weighted by atomic mass is 10.0. The quantitative estimate of drug-likeness (QED) is 0.660. The number of nitriles is 1. The summed E-state index contributed by atoms with van der Waals surface area (Å²) in [4.78, 5) is 0. The Balaban J connectivity index is 2.92. The fourth-order valence-corrected chi connectivity index (χ4v) is 1.16. The van der Waals surface area contributed by atoms with E-state index in [4.69, 9.17) is 16.1 Å². The molecule has 0 spiro atoms. The van der Waals surface area contributed by atoms with E-state index in [0.717, 1.165) is 0 Å². The molecule has 74 valence electrons. The van der Waals surface area contributed by atoms with Crippen LogP contribution in [0.4, 0.5) is 0 Å². The summed E-state index contributed by atoms with van der Waals surface area (Å²) in [6.45, 7) is -0.209. The first-order valence-electron chi connectivity index (χ1n) is 4.24. The van der Waals surface area contributed by atoms with Crippen LogP contribution in [0.15, 0.2) is 18.2 Å². The van der Waals surface area contributed by atoms with E-state index in [9.17, 15) is 5.11 Å². The number of nitrogens with zero attached hydrogens (tertiary/aromatic N) is 1. The fourth-order valence-electron chi connectivity index (χ4n) is 1.16. The topological polar surface area (TPSA) is 90.3 Å². The molecule has 4 nitrogen and oxygen atoms in total. The summed E-state index contributed by atoms with van der Waals surface area (Å²) in [6.07, 6.45) is 0.206. The normalized spacial score (nSPS) is 12.1. The van der Waals surface area contributed by atoms with E-state index < -0.39 is 6.04 Å². The van der Waals surface area contributed by atoms with Crippen LogP contribution in [0.3, 0.4) is 0 Å². The van der Waals surface area contributed by atoms with Crippen molar-refractivity contribution in [3.8, 4) is 11.8 Å². The molecule has 0 aliphatic rings. The van der Waals surface area contributed by atoms with Crippen molar-refractivity contribution in [3.05, 3.63) is 29.3 Å². The first-order valence-corrected chi connectivity index (χ1v) is 4.24. The molecule has 14 heavy (non-hydrogen) atoms. The van der Waals surface area contributed by atoms with Crippen molar-refractivity contribution in [2.45, 2.75) is 19.1 Å². The Morgan fingerprint density at radius 3 is 2.71 bits per heavy atom. The van der Waals surface area contributed by atoms with Crippen LogP contribution in [0.25, 0.3) is 0 Å². The first-order chi connectivity index (χ1) is 6.69. The minimum Gasteiger partial charge on any atom is -0.508 e. The molecule has 0 aromatic heterocycles. The molecular formula is C10H12N2O2. The standard InChI is InChI=1S/C10H12N2O2/c11-4-3-9(12)7-1-2-8(6-13)10(14)5-7/h1-2,5,9,13-14H,3,6,12H2/t9-/m1/s1. The molecule has 1 aromatic rings. The average molecular weight is 192 g/mol. The van der Waals surface area contributed by atoms with Crippen molar-refractivity contribution in [1.82, 2.24) is 0 Å². The van der Waals surface area contributed by atoms with Gasteiger partial charge in [0.2, 0.25) is 0 Å². The molecule has 0 heterocycles. The molecule has 0 bridgehead atoms. The maximum absolute atomic E-state index is 9.41. The van der Waals surface area contributed by atoms with Gasteiger partial charge in [-0.3, -0.25) is 0 Å². The predicted molar refractivity (Wildman–Crippen MR) is 51.2 cm³/mol. The molecule has 1 atom stereocenters. The van der Waals surface area contributed by atoms with Gasteiger partial charge in [-0.1, -0.05) is 12.1 Å². The van der Waals surface area contributed by atoms with Gasteiger partial charge in [0.1, 0.15) is 5.75 Å². The van der Waals surface area contributed by atoms with Crippen molar-refractivity contribution in [2.24, 2.45) is 5.73 Å². The molecule has 4 N–H and O–H groups in total. The highest BCUT2D eigenvalue weighted by Crippen LogP contribution is 2.23. The lowest BCUT2D eigenvalue weighted by molar-refractivity contribution is 0.275. The molecule has 0 unspecified atom stereocenters. The number of aliphatic hydroxyl groups excluding tert-OH is 1. The Kier molecular flexibility index (Phi) is 3.46. The second-order valence-electron chi connectivity index (χ2n) is 3.01. The van der Waals surface area contributed by atoms with Crippen LogP contribution >= 0.6 is 0 Å². The molecule has 0 aliphatic heterocycles. The van der Waals surface area contributed by atoms with Crippen LogP contribution < -0.4 is 5.73 Å². The smallest absolute Gasteiger partial charge is 0.121 e.